The zero-order valence-corrected chi connectivity index (χ0v) is 8.51. The van der Waals surface area contributed by atoms with Crippen LogP contribution in [-0.4, -0.2) is 15.6 Å². The summed E-state index contributed by atoms with van der Waals surface area (Å²) in [5, 5.41) is 8.99. The van der Waals surface area contributed by atoms with Gasteiger partial charge in [-0.1, -0.05) is 6.92 Å². The third-order valence-corrected chi connectivity index (χ3v) is 2.68. The molecule has 1 N–H and O–H groups in total. The van der Waals surface area contributed by atoms with Gasteiger partial charge in [0.2, 0.25) is 0 Å². The lowest BCUT2D eigenvalue weighted by atomic mass is 10.1. The SMILES string of the molecule is CCc1c(C)c(C)n(C)c1C(=O)O. The minimum absolute atomic E-state index is 0.428. The summed E-state index contributed by atoms with van der Waals surface area (Å²) < 4.78 is 1.75. The van der Waals surface area contributed by atoms with Crippen LogP contribution < -0.4 is 0 Å². The molecule has 0 amide bonds. The van der Waals surface area contributed by atoms with Gasteiger partial charge in [-0.15, -0.1) is 0 Å². The zero-order chi connectivity index (χ0) is 10.2. The van der Waals surface area contributed by atoms with E-state index < -0.39 is 5.97 Å². The van der Waals surface area contributed by atoms with Gasteiger partial charge < -0.3 is 9.67 Å². The minimum atomic E-state index is -0.837. The molecule has 1 aromatic rings. The van der Waals surface area contributed by atoms with Crippen LogP contribution in [0.25, 0.3) is 0 Å². The van der Waals surface area contributed by atoms with E-state index in [1.54, 1.807) is 11.6 Å². The Labute approximate surface area is 78.0 Å². The summed E-state index contributed by atoms with van der Waals surface area (Å²) in [6.07, 6.45) is 0.773. The molecule has 0 bridgehead atoms. The molecule has 0 aliphatic rings. The Morgan fingerprint density at radius 1 is 1.46 bits per heavy atom. The average Bonchev–Trinajstić information content (AvgIpc) is 2.29. The lowest BCUT2D eigenvalue weighted by Crippen LogP contribution is -2.07. The van der Waals surface area contributed by atoms with Crippen molar-refractivity contribution in [3.63, 3.8) is 0 Å². The molecule has 1 rings (SSSR count). The van der Waals surface area contributed by atoms with E-state index in [2.05, 4.69) is 0 Å². The molecular formula is C10H15NO2. The highest BCUT2D eigenvalue weighted by Gasteiger charge is 2.18. The number of aromatic nitrogens is 1. The number of rotatable bonds is 2. The fraction of sp³-hybridized carbons (Fsp3) is 0.500. The van der Waals surface area contributed by atoms with Crippen LogP contribution >= 0.6 is 0 Å². The first-order valence-corrected chi connectivity index (χ1v) is 4.38. The summed E-state index contributed by atoms with van der Waals surface area (Å²) in [6.45, 7) is 5.90. The Bertz CT molecular complexity index is 350. The molecule has 0 saturated heterocycles. The van der Waals surface area contributed by atoms with Crippen LogP contribution in [0.15, 0.2) is 0 Å². The van der Waals surface area contributed by atoms with Gasteiger partial charge in [0.1, 0.15) is 5.69 Å². The van der Waals surface area contributed by atoms with E-state index in [1.807, 2.05) is 20.8 Å². The van der Waals surface area contributed by atoms with Gasteiger partial charge in [0.15, 0.2) is 0 Å². The van der Waals surface area contributed by atoms with Crippen molar-refractivity contribution in [3.05, 3.63) is 22.5 Å². The first-order chi connectivity index (χ1) is 6.00. The van der Waals surface area contributed by atoms with Gasteiger partial charge >= 0.3 is 5.97 Å². The highest BCUT2D eigenvalue weighted by molar-refractivity contribution is 5.88. The number of hydrogen-bond acceptors (Lipinski definition) is 1. The molecule has 1 aromatic heterocycles. The topological polar surface area (TPSA) is 42.2 Å². The summed E-state index contributed by atoms with van der Waals surface area (Å²) in [5.41, 5.74) is 3.52. The van der Waals surface area contributed by atoms with E-state index in [9.17, 15) is 4.79 Å². The molecule has 0 saturated carbocycles. The molecule has 3 nitrogen and oxygen atoms in total. The third-order valence-electron chi connectivity index (χ3n) is 2.68. The van der Waals surface area contributed by atoms with Crippen LogP contribution in [0.4, 0.5) is 0 Å². The molecule has 1 heterocycles. The van der Waals surface area contributed by atoms with Gasteiger partial charge in [0, 0.05) is 12.7 Å². The number of carboxylic acids is 1. The van der Waals surface area contributed by atoms with Crippen molar-refractivity contribution < 1.29 is 9.90 Å². The predicted molar refractivity (Wildman–Crippen MR) is 51.2 cm³/mol. The summed E-state index contributed by atoms with van der Waals surface area (Å²) in [7, 11) is 1.80. The smallest absolute Gasteiger partial charge is 0.352 e. The second kappa shape index (κ2) is 3.24. The number of aromatic carboxylic acids is 1. The summed E-state index contributed by atoms with van der Waals surface area (Å²) >= 11 is 0. The Hall–Kier alpha value is -1.25. The standard InChI is InChI=1S/C10H15NO2/c1-5-8-6(2)7(3)11(4)9(8)10(12)13/h5H2,1-4H3,(H,12,13). The first kappa shape index (κ1) is 9.84. The van der Waals surface area contributed by atoms with E-state index >= 15 is 0 Å². The summed E-state index contributed by atoms with van der Waals surface area (Å²) in [5.74, 6) is -0.837. The van der Waals surface area contributed by atoms with Crippen molar-refractivity contribution in [2.24, 2.45) is 7.05 Å². The summed E-state index contributed by atoms with van der Waals surface area (Å²) in [4.78, 5) is 10.9. The normalized spacial score (nSPS) is 10.5. The van der Waals surface area contributed by atoms with Crippen molar-refractivity contribution in [1.29, 1.82) is 0 Å². The molecule has 0 radical (unpaired) electrons. The van der Waals surface area contributed by atoms with E-state index in [1.165, 1.54) is 0 Å². The molecular weight excluding hydrogens is 166 g/mol. The van der Waals surface area contributed by atoms with Crippen molar-refractivity contribution in [2.45, 2.75) is 27.2 Å². The van der Waals surface area contributed by atoms with Gasteiger partial charge in [-0.2, -0.15) is 0 Å². The van der Waals surface area contributed by atoms with E-state index in [-0.39, 0.29) is 0 Å². The van der Waals surface area contributed by atoms with Gasteiger partial charge in [0.25, 0.3) is 0 Å². The maximum atomic E-state index is 10.9. The third kappa shape index (κ3) is 1.34. The number of carbonyl (C=O) groups is 1. The Kier molecular flexibility index (Phi) is 2.45. The van der Waals surface area contributed by atoms with Gasteiger partial charge in [-0.25, -0.2) is 4.79 Å². The monoisotopic (exact) mass is 181 g/mol. The van der Waals surface area contributed by atoms with Crippen LogP contribution in [0, 0.1) is 13.8 Å². The van der Waals surface area contributed by atoms with E-state index in [4.69, 9.17) is 5.11 Å². The highest BCUT2D eigenvalue weighted by atomic mass is 16.4. The van der Waals surface area contributed by atoms with Crippen LogP contribution in [0.2, 0.25) is 0 Å². The molecule has 0 aromatic carbocycles. The van der Waals surface area contributed by atoms with Crippen molar-refractivity contribution in [2.75, 3.05) is 0 Å². The molecule has 0 atom stereocenters. The van der Waals surface area contributed by atoms with Crippen molar-refractivity contribution in [1.82, 2.24) is 4.57 Å². The van der Waals surface area contributed by atoms with Crippen LogP contribution in [-0.2, 0) is 13.5 Å². The average molecular weight is 181 g/mol. The maximum absolute atomic E-state index is 10.9. The molecule has 0 aliphatic carbocycles. The number of carboxylic acid groups (broad SMARTS) is 1. The van der Waals surface area contributed by atoms with Crippen LogP contribution in [0.1, 0.15) is 34.2 Å². The largest absolute Gasteiger partial charge is 0.477 e. The second-order valence-electron chi connectivity index (χ2n) is 3.26. The Balaban J connectivity index is 3.48. The molecule has 13 heavy (non-hydrogen) atoms. The zero-order valence-electron chi connectivity index (χ0n) is 8.51. The first-order valence-electron chi connectivity index (χ1n) is 4.38. The fourth-order valence-electron chi connectivity index (χ4n) is 1.72. The predicted octanol–water partition coefficient (Wildman–Crippen LogP) is 1.90. The molecule has 72 valence electrons. The van der Waals surface area contributed by atoms with Gasteiger partial charge in [-0.3, -0.25) is 0 Å². The minimum Gasteiger partial charge on any atom is -0.477 e. The van der Waals surface area contributed by atoms with Crippen LogP contribution in [0.3, 0.4) is 0 Å². The number of hydrogen-bond donors (Lipinski definition) is 1. The molecule has 0 aliphatic heterocycles. The molecule has 0 spiro atoms. The number of nitrogens with zero attached hydrogens (tertiary/aromatic N) is 1. The highest BCUT2D eigenvalue weighted by Crippen LogP contribution is 2.21. The lowest BCUT2D eigenvalue weighted by Gasteiger charge is -2.00. The lowest BCUT2D eigenvalue weighted by molar-refractivity contribution is 0.0685. The van der Waals surface area contributed by atoms with Gasteiger partial charge in [-0.05, 0) is 31.4 Å². The second-order valence-corrected chi connectivity index (χ2v) is 3.26. The fourth-order valence-corrected chi connectivity index (χ4v) is 1.72. The van der Waals surface area contributed by atoms with E-state index in [0.717, 1.165) is 23.2 Å². The van der Waals surface area contributed by atoms with Gasteiger partial charge in [0.05, 0.1) is 0 Å². The van der Waals surface area contributed by atoms with Crippen molar-refractivity contribution >= 4 is 5.97 Å². The van der Waals surface area contributed by atoms with E-state index in [0.29, 0.717) is 5.69 Å². The van der Waals surface area contributed by atoms with Crippen molar-refractivity contribution in [3.8, 4) is 0 Å². The van der Waals surface area contributed by atoms with Crippen LogP contribution in [0.5, 0.6) is 0 Å². The maximum Gasteiger partial charge on any atom is 0.352 e. The molecule has 0 fully saturated rings. The summed E-state index contributed by atoms with van der Waals surface area (Å²) in [6, 6.07) is 0. The Morgan fingerprint density at radius 2 is 2.00 bits per heavy atom. The quantitative estimate of drug-likeness (QED) is 0.757. The molecule has 3 heteroatoms. The molecule has 0 unspecified atom stereocenters. The Morgan fingerprint density at radius 3 is 2.31 bits per heavy atom.